The summed E-state index contributed by atoms with van der Waals surface area (Å²) in [5.41, 5.74) is 14.9. The summed E-state index contributed by atoms with van der Waals surface area (Å²) in [5.74, 6) is 0.980. The highest BCUT2D eigenvalue weighted by atomic mass is 14.8. The number of nitrogens with zero attached hydrogens (tertiary/aromatic N) is 3. The summed E-state index contributed by atoms with van der Waals surface area (Å²) in [6.45, 7) is 4.00. The van der Waals surface area contributed by atoms with E-state index in [2.05, 4.69) is 15.0 Å². The summed E-state index contributed by atoms with van der Waals surface area (Å²) in [6, 6.07) is 11.2. The first-order chi connectivity index (χ1) is 10.7. The minimum absolute atomic E-state index is 0.486. The molecule has 5 heteroatoms. The van der Waals surface area contributed by atoms with Gasteiger partial charge in [-0.15, -0.1) is 0 Å². The predicted molar refractivity (Wildman–Crippen MR) is 90.9 cm³/mol. The van der Waals surface area contributed by atoms with Crippen LogP contribution in [0.2, 0.25) is 0 Å². The molecule has 0 fully saturated rings. The highest BCUT2D eigenvalue weighted by Gasteiger charge is 2.09. The van der Waals surface area contributed by atoms with Crippen LogP contribution in [0.1, 0.15) is 13.8 Å². The molecule has 0 spiro atoms. The predicted octanol–water partition coefficient (Wildman–Crippen LogP) is 3.40. The molecule has 0 saturated heterocycles. The fraction of sp³-hybridized carbons (Fsp3) is 0.118. The quantitative estimate of drug-likeness (QED) is 0.755. The number of rotatable bonds is 2. The topological polar surface area (TPSA) is 90.7 Å². The Hall–Kier alpha value is -2.95. The van der Waals surface area contributed by atoms with Crippen molar-refractivity contribution in [2.75, 3.05) is 11.5 Å². The smallest absolute Gasteiger partial charge is 0.123 e. The molecule has 4 N–H and O–H groups in total. The average molecular weight is 293 g/mol. The van der Waals surface area contributed by atoms with Crippen LogP contribution in [-0.4, -0.2) is 15.0 Å². The number of anilines is 2. The normalized spacial score (nSPS) is 9.73. The van der Waals surface area contributed by atoms with Crippen molar-refractivity contribution in [3.05, 3.63) is 55.0 Å². The molecular formula is C17H19N5. The summed E-state index contributed by atoms with van der Waals surface area (Å²) < 4.78 is 0. The minimum atomic E-state index is 0.486. The molecule has 112 valence electrons. The molecule has 0 aliphatic carbocycles. The number of nitrogens with two attached hydrogens (primary N) is 2. The Balaban J connectivity index is 0.000000847. The third-order valence-corrected chi connectivity index (χ3v) is 2.96. The van der Waals surface area contributed by atoms with Crippen LogP contribution in [0.4, 0.5) is 11.6 Å². The number of hydrogen-bond acceptors (Lipinski definition) is 5. The zero-order chi connectivity index (χ0) is 15.9. The molecule has 0 atom stereocenters. The molecule has 3 heterocycles. The van der Waals surface area contributed by atoms with Crippen molar-refractivity contribution in [2.45, 2.75) is 13.8 Å². The largest absolute Gasteiger partial charge is 0.384 e. The van der Waals surface area contributed by atoms with Gasteiger partial charge in [0.25, 0.3) is 0 Å². The van der Waals surface area contributed by atoms with Crippen molar-refractivity contribution in [1.82, 2.24) is 15.0 Å². The van der Waals surface area contributed by atoms with Crippen molar-refractivity contribution in [1.29, 1.82) is 0 Å². The van der Waals surface area contributed by atoms with Gasteiger partial charge in [0.1, 0.15) is 11.6 Å². The zero-order valence-corrected chi connectivity index (χ0v) is 12.7. The van der Waals surface area contributed by atoms with E-state index in [-0.39, 0.29) is 0 Å². The molecule has 0 bridgehead atoms. The van der Waals surface area contributed by atoms with Crippen molar-refractivity contribution in [3.63, 3.8) is 0 Å². The second-order valence-corrected chi connectivity index (χ2v) is 4.34. The number of nitrogen functional groups attached to an aromatic ring is 2. The lowest BCUT2D eigenvalue weighted by Gasteiger charge is -2.08. The second-order valence-electron chi connectivity index (χ2n) is 4.34. The maximum Gasteiger partial charge on any atom is 0.123 e. The van der Waals surface area contributed by atoms with E-state index in [1.54, 1.807) is 30.7 Å². The van der Waals surface area contributed by atoms with E-state index in [1.165, 1.54) is 0 Å². The Labute approximate surface area is 130 Å². The Kier molecular flexibility index (Phi) is 5.03. The SMILES string of the molecule is CC.Nc1ccc(-c2cccnc2-c2ccc(N)nc2)cn1. The minimum Gasteiger partial charge on any atom is -0.384 e. The van der Waals surface area contributed by atoms with Gasteiger partial charge in [-0.25, -0.2) is 9.97 Å². The Morgan fingerprint density at radius 1 is 0.727 bits per heavy atom. The average Bonchev–Trinajstić information content (AvgIpc) is 2.58. The molecular weight excluding hydrogens is 274 g/mol. The lowest BCUT2D eigenvalue weighted by molar-refractivity contribution is 1.27. The standard InChI is InChI=1S/C15H13N5.C2H6/c16-13-5-3-10(8-19-13)12-2-1-7-18-15(12)11-4-6-14(17)20-9-11;1-2/h1-9H,(H2,16,19)(H2,17,20);1-2H3. The molecule has 0 aliphatic heterocycles. The summed E-state index contributed by atoms with van der Waals surface area (Å²) in [4.78, 5) is 12.7. The summed E-state index contributed by atoms with van der Waals surface area (Å²) in [6.07, 6.45) is 5.20. The third kappa shape index (κ3) is 3.38. The van der Waals surface area contributed by atoms with Gasteiger partial charge in [0.05, 0.1) is 5.69 Å². The van der Waals surface area contributed by atoms with Gasteiger partial charge < -0.3 is 11.5 Å². The summed E-state index contributed by atoms with van der Waals surface area (Å²) >= 11 is 0. The molecule has 0 radical (unpaired) electrons. The first-order valence-corrected chi connectivity index (χ1v) is 7.13. The fourth-order valence-corrected chi connectivity index (χ4v) is 1.98. The van der Waals surface area contributed by atoms with Crippen molar-refractivity contribution in [3.8, 4) is 22.4 Å². The third-order valence-electron chi connectivity index (χ3n) is 2.96. The highest BCUT2D eigenvalue weighted by molar-refractivity contribution is 5.80. The highest BCUT2D eigenvalue weighted by Crippen LogP contribution is 2.29. The van der Waals surface area contributed by atoms with E-state index in [0.29, 0.717) is 11.6 Å². The van der Waals surface area contributed by atoms with E-state index in [9.17, 15) is 0 Å². The van der Waals surface area contributed by atoms with E-state index < -0.39 is 0 Å². The molecule has 22 heavy (non-hydrogen) atoms. The molecule has 3 aromatic rings. The van der Waals surface area contributed by atoms with Crippen molar-refractivity contribution < 1.29 is 0 Å². The Bertz CT molecular complexity index is 656. The zero-order valence-electron chi connectivity index (χ0n) is 12.7. The maximum absolute atomic E-state index is 5.62. The van der Waals surface area contributed by atoms with Gasteiger partial charge in [-0.05, 0) is 30.3 Å². The van der Waals surface area contributed by atoms with Crippen LogP contribution in [0.3, 0.4) is 0 Å². The van der Waals surface area contributed by atoms with Crippen LogP contribution in [-0.2, 0) is 0 Å². The molecule has 0 amide bonds. The van der Waals surface area contributed by atoms with E-state index in [0.717, 1.165) is 22.4 Å². The van der Waals surface area contributed by atoms with Crippen LogP contribution < -0.4 is 11.5 Å². The monoisotopic (exact) mass is 293 g/mol. The van der Waals surface area contributed by atoms with Gasteiger partial charge in [0, 0.05) is 35.3 Å². The van der Waals surface area contributed by atoms with Gasteiger partial charge in [0.15, 0.2) is 0 Å². The fourth-order valence-electron chi connectivity index (χ4n) is 1.98. The first kappa shape index (κ1) is 15.4. The number of aromatic nitrogens is 3. The van der Waals surface area contributed by atoms with Crippen LogP contribution in [0, 0.1) is 0 Å². The van der Waals surface area contributed by atoms with Gasteiger partial charge in [-0.2, -0.15) is 0 Å². The van der Waals surface area contributed by atoms with Crippen molar-refractivity contribution in [2.24, 2.45) is 0 Å². The van der Waals surface area contributed by atoms with E-state index >= 15 is 0 Å². The molecule has 3 rings (SSSR count). The first-order valence-electron chi connectivity index (χ1n) is 7.13. The van der Waals surface area contributed by atoms with Crippen LogP contribution in [0.15, 0.2) is 55.0 Å². The van der Waals surface area contributed by atoms with Crippen LogP contribution in [0.5, 0.6) is 0 Å². The van der Waals surface area contributed by atoms with Gasteiger partial charge >= 0.3 is 0 Å². The Morgan fingerprint density at radius 2 is 1.32 bits per heavy atom. The molecule has 0 aliphatic rings. The van der Waals surface area contributed by atoms with E-state index in [4.69, 9.17) is 11.5 Å². The Morgan fingerprint density at radius 3 is 1.86 bits per heavy atom. The van der Waals surface area contributed by atoms with E-state index in [1.807, 2.05) is 38.1 Å². The molecule has 0 aromatic carbocycles. The van der Waals surface area contributed by atoms with Crippen LogP contribution in [0.25, 0.3) is 22.4 Å². The van der Waals surface area contributed by atoms with Gasteiger partial charge in [0.2, 0.25) is 0 Å². The molecule has 5 nitrogen and oxygen atoms in total. The molecule has 0 unspecified atom stereocenters. The van der Waals surface area contributed by atoms with Crippen molar-refractivity contribution >= 4 is 11.6 Å². The molecule has 0 saturated carbocycles. The van der Waals surface area contributed by atoms with Gasteiger partial charge in [-0.1, -0.05) is 19.9 Å². The number of hydrogen-bond donors (Lipinski definition) is 2. The lowest BCUT2D eigenvalue weighted by atomic mass is 10.0. The second kappa shape index (κ2) is 7.17. The lowest BCUT2D eigenvalue weighted by Crippen LogP contribution is -1.94. The maximum atomic E-state index is 5.62. The summed E-state index contributed by atoms with van der Waals surface area (Å²) in [5, 5.41) is 0. The summed E-state index contributed by atoms with van der Waals surface area (Å²) in [7, 11) is 0. The number of pyridine rings is 3. The van der Waals surface area contributed by atoms with Crippen LogP contribution >= 0.6 is 0 Å². The molecule has 3 aromatic heterocycles. The van der Waals surface area contributed by atoms with Gasteiger partial charge in [-0.3, -0.25) is 4.98 Å².